The van der Waals surface area contributed by atoms with Crippen LogP contribution in [0.5, 0.6) is 0 Å². The SMILES string of the molecule is COC(=O)C1CCN(c2ncc(C(F)(F)F)cc2C(=O)Nc2cccc(S(N)(=O)=O)c2)CC1. The molecule has 1 aliphatic rings. The maximum absolute atomic E-state index is 13.3. The summed E-state index contributed by atoms with van der Waals surface area (Å²) in [5.74, 6) is -1.61. The van der Waals surface area contributed by atoms with E-state index in [0.29, 0.717) is 25.1 Å². The molecule has 0 spiro atoms. The molecule has 0 saturated carbocycles. The molecule has 9 nitrogen and oxygen atoms in total. The van der Waals surface area contributed by atoms with Crippen LogP contribution < -0.4 is 15.4 Å². The zero-order valence-corrected chi connectivity index (χ0v) is 18.2. The molecular weight excluding hydrogens is 465 g/mol. The van der Waals surface area contributed by atoms with Crippen LogP contribution in [0.2, 0.25) is 0 Å². The number of amides is 1. The summed E-state index contributed by atoms with van der Waals surface area (Å²) in [7, 11) is -2.77. The van der Waals surface area contributed by atoms with E-state index in [0.717, 1.165) is 6.07 Å². The molecule has 33 heavy (non-hydrogen) atoms. The molecule has 0 radical (unpaired) electrons. The Morgan fingerprint density at radius 3 is 2.45 bits per heavy atom. The molecule has 1 aromatic carbocycles. The van der Waals surface area contributed by atoms with E-state index in [4.69, 9.17) is 9.88 Å². The summed E-state index contributed by atoms with van der Waals surface area (Å²) in [5.41, 5.74) is -1.43. The van der Waals surface area contributed by atoms with Gasteiger partial charge in [0.15, 0.2) is 0 Å². The first kappa shape index (κ1) is 24.5. The lowest BCUT2D eigenvalue weighted by Gasteiger charge is -2.32. The summed E-state index contributed by atoms with van der Waals surface area (Å²) in [4.78, 5) is 29.9. The van der Waals surface area contributed by atoms with E-state index in [9.17, 15) is 31.2 Å². The molecule has 2 aromatic rings. The Kier molecular flexibility index (Phi) is 6.93. The number of piperidine rings is 1. The average Bonchev–Trinajstić information content (AvgIpc) is 2.77. The molecule has 0 bridgehead atoms. The number of nitrogens with two attached hydrogens (primary N) is 1. The largest absolute Gasteiger partial charge is 0.469 e. The van der Waals surface area contributed by atoms with Crippen LogP contribution >= 0.6 is 0 Å². The summed E-state index contributed by atoms with van der Waals surface area (Å²) in [5, 5.41) is 7.48. The molecule has 13 heteroatoms. The third-order valence-electron chi connectivity index (χ3n) is 5.19. The fourth-order valence-electron chi connectivity index (χ4n) is 3.47. The van der Waals surface area contributed by atoms with Crippen molar-refractivity contribution in [3.8, 4) is 0 Å². The van der Waals surface area contributed by atoms with Gasteiger partial charge in [-0.3, -0.25) is 9.59 Å². The molecule has 3 rings (SSSR count). The summed E-state index contributed by atoms with van der Waals surface area (Å²) in [6.07, 6.45) is -3.33. The molecular formula is C20H21F3N4O5S. The number of sulfonamides is 1. The van der Waals surface area contributed by atoms with Crippen molar-refractivity contribution in [2.75, 3.05) is 30.4 Å². The molecule has 1 fully saturated rings. The van der Waals surface area contributed by atoms with Gasteiger partial charge < -0.3 is 15.0 Å². The van der Waals surface area contributed by atoms with Crippen LogP contribution in [0.3, 0.4) is 0 Å². The Labute approximate surface area is 187 Å². The number of primary sulfonamides is 1. The number of hydrogen-bond acceptors (Lipinski definition) is 7. The first-order valence-corrected chi connectivity index (χ1v) is 11.3. The number of benzene rings is 1. The van der Waals surface area contributed by atoms with Crippen molar-refractivity contribution in [3.63, 3.8) is 0 Å². The van der Waals surface area contributed by atoms with Crippen LogP contribution in [0.4, 0.5) is 24.7 Å². The van der Waals surface area contributed by atoms with Crippen molar-refractivity contribution in [1.29, 1.82) is 0 Å². The van der Waals surface area contributed by atoms with Crippen molar-refractivity contribution >= 4 is 33.4 Å². The number of ether oxygens (including phenoxy) is 1. The number of carbonyl (C=O) groups excluding carboxylic acids is 2. The number of aromatic nitrogens is 1. The highest BCUT2D eigenvalue weighted by atomic mass is 32.2. The first-order chi connectivity index (χ1) is 15.4. The predicted molar refractivity (Wildman–Crippen MR) is 112 cm³/mol. The Morgan fingerprint density at radius 1 is 1.21 bits per heavy atom. The lowest BCUT2D eigenvalue weighted by atomic mass is 9.96. The highest BCUT2D eigenvalue weighted by Crippen LogP contribution is 2.33. The molecule has 3 N–H and O–H groups in total. The summed E-state index contributed by atoms with van der Waals surface area (Å²) in [6, 6.07) is 5.70. The Balaban J connectivity index is 1.92. The topological polar surface area (TPSA) is 132 Å². The molecule has 1 amide bonds. The minimum Gasteiger partial charge on any atom is -0.469 e. The minimum atomic E-state index is -4.73. The first-order valence-electron chi connectivity index (χ1n) is 9.74. The maximum atomic E-state index is 13.3. The monoisotopic (exact) mass is 486 g/mol. The van der Waals surface area contributed by atoms with Gasteiger partial charge in [-0.05, 0) is 37.1 Å². The number of nitrogens with one attached hydrogen (secondary N) is 1. The van der Waals surface area contributed by atoms with Gasteiger partial charge in [-0.25, -0.2) is 18.5 Å². The molecule has 1 saturated heterocycles. The van der Waals surface area contributed by atoms with E-state index >= 15 is 0 Å². The number of alkyl halides is 3. The lowest BCUT2D eigenvalue weighted by Crippen LogP contribution is -2.38. The number of pyridine rings is 1. The third-order valence-corrected chi connectivity index (χ3v) is 6.10. The van der Waals surface area contributed by atoms with Gasteiger partial charge in [0.05, 0.1) is 29.1 Å². The predicted octanol–water partition coefficient (Wildman–Crippen LogP) is 2.39. The zero-order valence-electron chi connectivity index (χ0n) is 17.4. The quantitative estimate of drug-likeness (QED) is 0.621. The van der Waals surface area contributed by atoms with E-state index in [1.807, 2.05) is 0 Å². The van der Waals surface area contributed by atoms with Gasteiger partial charge in [0.2, 0.25) is 10.0 Å². The average molecular weight is 486 g/mol. The number of rotatable bonds is 5. The normalized spacial score (nSPS) is 15.2. The van der Waals surface area contributed by atoms with Crippen LogP contribution in [0.25, 0.3) is 0 Å². The molecule has 178 valence electrons. The molecule has 0 aliphatic carbocycles. The second kappa shape index (κ2) is 9.35. The Bertz CT molecular complexity index is 1160. The summed E-state index contributed by atoms with van der Waals surface area (Å²) < 4.78 is 67.7. The van der Waals surface area contributed by atoms with E-state index in [2.05, 4.69) is 10.3 Å². The Hall–Kier alpha value is -3.19. The molecule has 1 aliphatic heterocycles. The molecule has 0 atom stereocenters. The van der Waals surface area contributed by atoms with E-state index in [1.165, 1.54) is 25.3 Å². The maximum Gasteiger partial charge on any atom is 0.417 e. The van der Waals surface area contributed by atoms with E-state index < -0.39 is 27.7 Å². The lowest BCUT2D eigenvalue weighted by molar-refractivity contribution is -0.146. The Morgan fingerprint density at radius 2 is 1.88 bits per heavy atom. The number of nitrogens with zero attached hydrogens (tertiary/aromatic N) is 2. The van der Waals surface area contributed by atoms with Crippen LogP contribution in [0.15, 0.2) is 41.4 Å². The van der Waals surface area contributed by atoms with Gasteiger partial charge in [-0.2, -0.15) is 13.2 Å². The third kappa shape index (κ3) is 5.79. The van der Waals surface area contributed by atoms with Gasteiger partial charge >= 0.3 is 12.1 Å². The smallest absolute Gasteiger partial charge is 0.417 e. The van der Waals surface area contributed by atoms with Gasteiger partial charge in [-0.1, -0.05) is 6.07 Å². The van der Waals surface area contributed by atoms with Crippen LogP contribution in [-0.2, 0) is 25.7 Å². The van der Waals surface area contributed by atoms with Gasteiger partial charge in [-0.15, -0.1) is 0 Å². The van der Waals surface area contributed by atoms with Crippen LogP contribution in [-0.4, -0.2) is 45.5 Å². The fourth-order valence-corrected chi connectivity index (χ4v) is 4.03. The number of methoxy groups -OCH3 is 1. The summed E-state index contributed by atoms with van der Waals surface area (Å²) in [6.45, 7) is 0.554. The highest BCUT2D eigenvalue weighted by Gasteiger charge is 2.34. The molecule has 2 heterocycles. The standard InChI is InChI=1S/C20H21F3N4O5S/c1-32-19(29)12-5-7-27(8-6-12)17-16(9-13(11-25-17)20(21,22)23)18(28)26-14-3-2-4-15(10-14)33(24,30)31/h2-4,9-12H,5-8H2,1H3,(H,26,28)(H2,24,30,31). The summed E-state index contributed by atoms with van der Waals surface area (Å²) >= 11 is 0. The fraction of sp³-hybridized carbons (Fsp3) is 0.350. The van der Waals surface area contributed by atoms with Crippen molar-refractivity contribution in [1.82, 2.24) is 4.98 Å². The van der Waals surface area contributed by atoms with Crippen LogP contribution in [0.1, 0.15) is 28.8 Å². The van der Waals surface area contributed by atoms with Gasteiger partial charge in [0, 0.05) is 25.0 Å². The molecule has 1 aromatic heterocycles. The minimum absolute atomic E-state index is 0.0198. The van der Waals surface area contributed by atoms with Crippen molar-refractivity contribution in [3.05, 3.63) is 47.7 Å². The second-order valence-corrected chi connectivity index (χ2v) is 8.97. The number of carbonyl (C=O) groups is 2. The van der Waals surface area contributed by atoms with Crippen molar-refractivity contribution in [2.24, 2.45) is 11.1 Å². The van der Waals surface area contributed by atoms with Gasteiger partial charge in [0.25, 0.3) is 5.91 Å². The second-order valence-electron chi connectivity index (χ2n) is 7.40. The number of esters is 1. The van der Waals surface area contributed by atoms with Crippen molar-refractivity contribution in [2.45, 2.75) is 23.9 Å². The van der Waals surface area contributed by atoms with E-state index in [-0.39, 0.29) is 46.9 Å². The number of anilines is 2. The highest BCUT2D eigenvalue weighted by molar-refractivity contribution is 7.89. The number of hydrogen-bond donors (Lipinski definition) is 2. The van der Waals surface area contributed by atoms with E-state index in [1.54, 1.807) is 4.90 Å². The van der Waals surface area contributed by atoms with Crippen LogP contribution in [0, 0.1) is 5.92 Å². The van der Waals surface area contributed by atoms with Gasteiger partial charge in [0.1, 0.15) is 5.82 Å². The molecule has 0 unspecified atom stereocenters. The van der Waals surface area contributed by atoms with Crippen molar-refractivity contribution < 1.29 is 35.9 Å². The number of halogens is 3. The zero-order chi connectivity index (χ0) is 24.4.